The van der Waals surface area contributed by atoms with Gasteiger partial charge in [-0.25, -0.2) is 19.7 Å². The highest BCUT2D eigenvalue weighted by molar-refractivity contribution is 7.19. The Morgan fingerprint density at radius 1 is 1.21 bits per heavy atom. The molecule has 34 heavy (non-hydrogen) atoms. The number of nitrogens with two attached hydrogens (primary N) is 1. The number of aromatic nitrogens is 3. The number of aryl methyl sites for hydroxylation is 1. The van der Waals surface area contributed by atoms with Crippen molar-refractivity contribution in [3.05, 3.63) is 53.6 Å². The summed E-state index contributed by atoms with van der Waals surface area (Å²) in [5, 5.41) is 3.26. The molecule has 1 fully saturated rings. The maximum Gasteiger partial charge on any atom is 0.324 e. The summed E-state index contributed by atoms with van der Waals surface area (Å²) in [5.74, 6) is 0.978. The average molecular weight is 481 g/mol. The highest BCUT2D eigenvalue weighted by atomic mass is 32.1. The molecule has 178 valence electrons. The lowest BCUT2D eigenvalue weighted by Crippen LogP contribution is -2.45. The van der Waals surface area contributed by atoms with E-state index in [1.807, 2.05) is 37.3 Å². The van der Waals surface area contributed by atoms with Crippen molar-refractivity contribution in [2.75, 3.05) is 19.0 Å². The summed E-state index contributed by atoms with van der Waals surface area (Å²) in [5.41, 5.74) is 7.55. The molecular weight excluding hydrogens is 452 g/mol. The van der Waals surface area contributed by atoms with E-state index in [-0.39, 0.29) is 6.03 Å². The van der Waals surface area contributed by atoms with Crippen LogP contribution in [0, 0.1) is 6.92 Å². The van der Waals surface area contributed by atoms with E-state index < -0.39 is 17.4 Å². The predicted molar refractivity (Wildman–Crippen MR) is 131 cm³/mol. The summed E-state index contributed by atoms with van der Waals surface area (Å²) in [6.45, 7) is 6.51. The molecule has 1 atom stereocenters. The van der Waals surface area contributed by atoms with E-state index >= 15 is 0 Å². The number of thiazole rings is 1. The first-order valence-electron chi connectivity index (χ1n) is 11.0. The van der Waals surface area contributed by atoms with Gasteiger partial charge in [0, 0.05) is 18.2 Å². The van der Waals surface area contributed by atoms with Gasteiger partial charge in [-0.2, -0.15) is 0 Å². The van der Waals surface area contributed by atoms with Gasteiger partial charge >= 0.3 is 6.03 Å². The van der Waals surface area contributed by atoms with Crippen LogP contribution in [0.1, 0.15) is 43.8 Å². The molecule has 0 radical (unpaired) electrons. The summed E-state index contributed by atoms with van der Waals surface area (Å²) in [7, 11) is 1.64. The second-order valence-electron chi connectivity index (χ2n) is 8.74. The van der Waals surface area contributed by atoms with Crippen molar-refractivity contribution in [1.29, 1.82) is 0 Å². The van der Waals surface area contributed by atoms with E-state index in [9.17, 15) is 9.59 Å². The van der Waals surface area contributed by atoms with Crippen molar-refractivity contribution in [3.8, 4) is 16.3 Å². The van der Waals surface area contributed by atoms with Crippen LogP contribution in [0.15, 0.2) is 36.5 Å². The molecule has 2 aromatic heterocycles. The fourth-order valence-corrected chi connectivity index (χ4v) is 5.01. The number of amides is 3. The van der Waals surface area contributed by atoms with Gasteiger partial charge in [0.1, 0.15) is 17.6 Å². The number of benzene rings is 1. The zero-order chi connectivity index (χ0) is 24.5. The van der Waals surface area contributed by atoms with Crippen LogP contribution in [0.5, 0.6) is 5.75 Å². The molecule has 3 N–H and O–H groups in total. The quantitative estimate of drug-likeness (QED) is 0.554. The molecule has 0 saturated carbocycles. The number of urea groups is 1. The minimum atomic E-state index is -0.579. The monoisotopic (exact) mass is 480 g/mol. The summed E-state index contributed by atoms with van der Waals surface area (Å²) in [6.07, 6.45) is 3.07. The lowest BCUT2D eigenvalue weighted by Gasteiger charge is -2.24. The number of hydrogen-bond donors (Lipinski definition) is 2. The van der Waals surface area contributed by atoms with Crippen molar-refractivity contribution in [1.82, 2.24) is 19.9 Å². The first kappa shape index (κ1) is 23.6. The largest absolute Gasteiger partial charge is 0.497 e. The molecule has 1 saturated heterocycles. The van der Waals surface area contributed by atoms with Crippen molar-refractivity contribution >= 4 is 28.4 Å². The zero-order valence-electron chi connectivity index (χ0n) is 19.7. The molecule has 1 aliphatic rings. The van der Waals surface area contributed by atoms with Crippen molar-refractivity contribution in [3.63, 3.8) is 0 Å². The number of primary amides is 1. The van der Waals surface area contributed by atoms with Crippen LogP contribution in [-0.4, -0.2) is 51.5 Å². The zero-order valence-corrected chi connectivity index (χ0v) is 20.5. The normalized spacial score (nSPS) is 15.9. The van der Waals surface area contributed by atoms with E-state index in [4.69, 9.17) is 15.5 Å². The second kappa shape index (κ2) is 9.38. The maximum atomic E-state index is 12.7. The van der Waals surface area contributed by atoms with E-state index in [1.165, 1.54) is 16.2 Å². The topological polar surface area (TPSA) is 123 Å². The van der Waals surface area contributed by atoms with Crippen LogP contribution in [0.25, 0.3) is 10.6 Å². The van der Waals surface area contributed by atoms with Crippen LogP contribution < -0.4 is 15.8 Å². The van der Waals surface area contributed by atoms with Crippen molar-refractivity contribution in [2.24, 2.45) is 5.73 Å². The first-order valence-corrected chi connectivity index (χ1v) is 11.8. The summed E-state index contributed by atoms with van der Waals surface area (Å²) in [6, 6.07) is 8.76. The molecular formula is C24H28N6O3S. The molecule has 1 aliphatic heterocycles. The smallest absolute Gasteiger partial charge is 0.324 e. The molecule has 3 aromatic rings. The van der Waals surface area contributed by atoms with Crippen molar-refractivity contribution in [2.45, 2.75) is 45.1 Å². The summed E-state index contributed by atoms with van der Waals surface area (Å²) in [4.78, 5) is 40.5. The first-order chi connectivity index (χ1) is 16.2. The van der Waals surface area contributed by atoms with E-state index in [0.717, 1.165) is 34.0 Å². The fraction of sp³-hybridized carbons (Fsp3) is 0.375. The summed E-state index contributed by atoms with van der Waals surface area (Å²) < 4.78 is 5.26. The number of ether oxygens (including phenoxy) is 1. The number of hydrogen-bond acceptors (Lipinski definition) is 7. The minimum absolute atomic E-state index is 0.370. The lowest BCUT2D eigenvalue weighted by molar-refractivity contribution is -0.121. The van der Waals surface area contributed by atoms with Crippen LogP contribution in [-0.2, 0) is 10.2 Å². The Balaban J connectivity index is 1.57. The average Bonchev–Trinajstić information content (AvgIpc) is 3.46. The number of carbonyl (C=O) groups is 2. The van der Waals surface area contributed by atoms with Gasteiger partial charge in [0.15, 0.2) is 5.13 Å². The van der Waals surface area contributed by atoms with Gasteiger partial charge in [0.2, 0.25) is 5.91 Å². The molecule has 0 aliphatic carbocycles. The molecule has 1 unspecified atom stereocenters. The Morgan fingerprint density at radius 2 is 1.94 bits per heavy atom. The van der Waals surface area contributed by atoms with Crippen LogP contribution in [0.3, 0.4) is 0 Å². The molecule has 4 rings (SSSR count). The number of rotatable bonds is 6. The molecule has 1 aromatic carbocycles. The third-order valence-electron chi connectivity index (χ3n) is 6.11. The van der Waals surface area contributed by atoms with Crippen LogP contribution in [0.2, 0.25) is 0 Å². The third-order valence-corrected chi connectivity index (χ3v) is 7.21. The molecule has 0 bridgehead atoms. The Labute approximate surface area is 202 Å². The maximum absolute atomic E-state index is 12.7. The third kappa shape index (κ3) is 4.58. The summed E-state index contributed by atoms with van der Waals surface area (Å²) >= 11 is 1.34. The number of likely N-dealkylation sites (tertiary alicyclic amines) is 1. The Bertz CT molecular complexity index is 1210. The SMILES string of the molecule is COc1ccc(C(C)(C)c2nccc(-c3sc(NC(=O)N4CCCC4C(N)=O)nc3C)n2)cc1. The van der Waals surface area contributed by atoms with Gasteiger partial charge in [0.25, 0.3) is 0 Å². The molecule has 0 spiro atoms. The van der Waals surface area contributed by atoms with Gasteiger partial charge in [-0.15, -0.1) is 0 Å². The minimum Gasteiger partial charge on any atom is -0.497 e. The Hall–Kier alpha value is -3.53. The molecule has 3 amide bonds. The highest BCUT2D eigenvalue weighted by Gasteiger charge is 2.33. The standard InChI is InChI=1S/C24H28N6O3S/c1-14-19(34-22(27-14)29-23(32)30-13-5-6-18(30)20(25)31)17-11-12-26-21(28-17)24(2,3)15-7-9-16(33-4)10-8-15/h7-12,18H,5-6,13H2,1-4H3,(H2,25,31)(H,27,29,32). The predicted octanol–water partition coefficient (Wildman–Crippen LogP) is 3.72. The van der Waals surface area contributed by atoms with Gasteiger partial charge in [-0.1, -0.05) is 23.5 Å². The highest BCUT2D eigenvalue weighted by Crippen LogP contribution is 2.35. The van der Waals surface area contributed by atoms with Gasteiger partial charge in [0.05, 0.1) is 23.4 Å². The van der Waals surface area contributed by atoms with Gasteiger partial charge in [-0.3, -0.25) is 10.1 Å². The molecule has 10 heteroatoms. The lowest BCUT2D eigenvalue weighted by atomic mass is 9.83. The number of anilines is 1. The van der Waals surface area contributed by atoms with Crippen LogP contribution >= 0.6 is 11.3 Å². The second-order valence-corrected chi connectivity index (χ2v) is 9.74. The molecule has 9 nitrogen and oxygen atoms in total. The number of nitrogens with one attached hydrogen (secondary N) is 1. The number of carbonyl (C=O) groups excluding carboxylic acids is 2. The number of nitrogens with zero attached hydrogens (tertiary/aromatic N) is 4. The van der Waals surface area contributed by atoms with E-state index in [0.29, 0.717) is 23.9 Å². The van der Waals surface area contributed by atoms with Gasteiger partial charge in [-0.05, 0) is 57.4 Å². The number of methoxy groups -OCH3 is 1. The van der Waals surface area contributed by atoms with Crippen molar-refractivity contribution < 1.29 is 14.3 Å². The van der Waals surface area contributed by atoms with E-state index in [1.54, 1.807) is 13.3 Å². The van der Waals surface area contributed by atoms with Gasteiger partial charge < -0.3 is 15.4 Å². The fourth-order valence-electron chi connectivity index (χ4n) is 4.08. The van der Waals surface area contributed by atoms with Crippen LogP contribution in [0.4, 0.5) is 9.93 Å². The Morgan fingerprint density at radius 3 is 2.62 bits per heavy atom. The van der Waals surface area contributed by atoms with E-state index in [2.05, 4.69) is 29.1 Å². The molecule has 3 heterocycles. The Kier molecular flexibility index (Phi) is 6.52.